The van der Waals surface area contributed by atoms with Crippen molar-refractivity contribution in [1.82, 2.24) is 4.90 Å². The minimum atomic E-state index is 0.756. The van der Waals surface area contributed by atoms with E-state index in [4.69, 9.17) is 0 Å². The van der Waals surface area contributed by atoms with Crippen LogP contribution in [0, 0.1) is 5.41 Å². The Morgan fingerprint density at radius 3 is 2.08 bits per heavy atom. The van der Waals surface area contributed by atoms with E-state index < -0.39 is 0 Å². The first-order valence-corrected chi connectivity index (χ1v) is 5.70. The van der Waals surface area contributed by atoms with E-state index in [0.29, 0.717) is 0 Å². The fourth-order valence-corrected chi connectivity index (χ4v) is 2.80. The smallest absolute Gasteiger partial charge is 0.0774 e. The second-order valence-electron chi connectivity index (χ2n) is 5.26. The zero-order chi connectivity index (χ0) is 9.31. The fraction of sp³-hybridized carbons (Fsp3) is 1.00. The topological polar surface area (TPSA) is 7.68 Å². The minimum Gasteiger partial charge on any atom is -0.337 e. The van der Waals surface area contributed by atoms with Gasteiger partial charge in [-0.15, -0.1) is 0 Å². The molecule has 0 aromatic carbocycles. The Balaban J connectivity index is 1.90. The molecule has 0 bridgehead atoms. The molecule has 2 heterocycles. The van der Waals surface area contributed by atoms with Gasteiger partial charge < -0.3 is 9.80 Å². The number of likely N-dealkylation sites (tertiary alicyclic amines) is 2. The summed E-state index contributed by atoms with van der Waals surface area (Å²) < 4.78 is 0. The Morgan fingerprint density at radius 2 is 1.54 bits per heavy atom. The van der Waals surface area contributed by atoms with Crippen LogP contribution in [-0.2, 0) is 0 Å². The summed E-state index contributed by atoms with van der Waals surface area (Å²) in [6.07, 6.45) is 5.87. The first kappa shape index (κ1) is 9.47. The lowest BCUT2D eigenvalue weighted by molar-refractivity contribution is -0.887. The molecular weight excluding hydrogens is 160 g/mol. The number of nitrogens with zero attached hydrogens (tertiary/aromatic N) is 1. The Kier molecular flexibility index (Phi) is 2.61. The number of piperidine rings is 2. The maximum Gasteiger partial charge on any atom is 0.0774 e. The van der Waals surface area contributed by atoms with Crippen LogP contribution in [0.1, 0.15) is 25.7 Å². The van der Waals surface area contributed by atoms with Gasteiger partial charge in [0.1, 0.15) is 0 Å². The van der Waals surface area contributed by atoms with Gasteiger partial charge in [0.15, 0.2) is 0 Å². The van der Waals surface area contributed by atoms with Crippen LogP contribution in [0.3, 0.4) is 0 Å². The van der Waals surface area contributed by atoms with Crippen molar-refractivity contribution >= 4 is 0 Å². The monoisotopic (exact) mass is 183 g/mol. The molecule has 0 unspecified atom stereocenters. The molecule has 2 aliphatic heterocycles. The Bertz CT molecular complexity index is 139. The first-order valence-electron chi connectivity index (χ1n) is 5.70. The highest BCUT2D eigenvalue weighted by Gasteiger charge is 2.37. The van der Waals surface area contributed by atoms with Gasteiger partial charge in [0.2, 0.25) is 0 Å². The molecule has 2 nitrogen and oxygen atoms in total. The lowest BCUT2D eigenvalue weighted by Crippen LogP contribution is -3.10. The summed E-state index contributed by atoms with van der Waals surface area (Å²) in [4.78, 5) is 4.22. The highest BCUT2D eigenvalue weighted by molar-refractivity contribution is 4.86. The van der Waals surface area contributed by atoms with E-state index in [-0.39, 0.29) is 0 Å². The van der Waals surface area contributed by atoms with Gasteiger partial charge in [0.05, 0.1) is 20.1 Å². The number of rotatable bonds is 0. The summed E-state index contributed by atoms with van der Waals surface area (Å²) in [5.41, 5.74) is 0.756. The highest BCUT2D eigenvalue weighted by Crippen LogP contribution is 2.38. The Labute approximate surface area is 81.9 Å². The molecule has 0 aromatic rings. The van der Waals surface area contributed by atoms with Gasteiger partial charge in [-0.1, -0.05) is 0 Å². The molecule has 0 aliphatic carbocycles. The van der Waals surface area contributed by atoms with Gasteiger partial charge in [-0.2, -0.15) is 0 Å². The molecule has 2 saturated heterocycles. The largest absolute Gasteiger partial charge is 0.337 e. The fourth-order valence-electron chi connectivity index (χ4n) is 2.80. The molecule has 2 heteroatoms. The molecule has 0 amide bonds. The van der Waals surface area contributed by atoms with Crippen molar-refractivity contribution in [2.45, 2.75) is 25.7 Å². The van der Waals surface area contributed by atoms with Crippen molar-refractivity contribution in [1.29, 1.82) is 0 Å². The van der Waals surface area contributed by atoms with E-state index in [1.807, 2.05) is 0 Å². The van der Waals surface area contributed by atoms with Crippen molar-refractivity contribution in [3.8, 4) is 0 Å². The third-order valence-corrected chi connectivity index (χ3v) is 4.21. The van der Waals surface area contributed by atoms with E-state index in [2.05, 4.69) is 19.0 Å². The van der Waals surface area contributed by atoms with E-state index in [0.717, 1.165) is 5.41 Å². The summed E-state index contributed by atoms with van der Waals surface area (Å²) in [5, 5.41) is 0. The van der Waals surface area contributed by atoms with Gasteiger partial charge in [0.25, 0.3) is 0 Å². The summed E-state index contributed by atoms with van der Waals surface area (Å²) in [6, 6.07) is 0. The van der Waals surface area contributed by atoms with Crippen molar-refractivity contribution in [3.05, 3.63) is 0 Å². The highest BCUT2D eigenvalue weighted by atomic mass is 15.1. The lowest BCUT2D eigenvalue weighted by Gasteiger charge is -2.44. The van der Waals surface area contributed by atoms with E-state index in [1.54, 1.807) is 4.90 Å². The average Bonchev–Trinajstić information content (AvgIpc) is 2.16. The van der Waals surface area contributed by atoms with Gasteiger partial charge in [-0.05, 0) is 38.4 Å². The Hall–Kier alpha value is -0.0800. The van der Waals surface area contributed by atoms with Crippen molar-refractivity contribution in [2.24, 2.45) is 5.41 Å². The summed E-state index contributed by atoms with van der Waals surface area (Å²) in [7, 11) is 4.59. The molecule has 1 spiro atoms. The number of hydrogen-bond acceptors (Lipinski definition) is 1. The maximum absolute atomic E-state index is 2.48. The van der Waals surface area contributed by atoms with Crippen LogP contribution in [0.4, 0.5) is 0 Å². The van der Waals surface area contributed by atoms with Crippen LogP contribution in [0.15, 0.2) is 0 Å². The van der Waals surface area contributed by atoms with Crippen LogP contribution in [0.2, 0.25) is 0 Å². The van der Waals surface area contributed by atoms with E-state index in [1.165, 1.54) is 51.9 Å². The SMILES string of the molecule is CN1CCC2(CC1)CC[NH+](C)CC2. The third-order valence-electron chi connectivity index (χ3n) is 4.21. The number of hydrogen-bond donors (Lipinski definition) is 1. The first-order chi connectivity index (χ1) is 6.20. The molecule has 0 atom stereocenters. The quantitative estimate of drug-likeness (QED) is 0.556. The standard InChI is InChI=1S/C11H22N2/c1-12-7-3-11(4-8-12)5-9-13(2)10-6-11/h3-10H2,1-2H3/p+1. The van der Waals surface area contributed by atoms with Crippen LogP contribution in [-0.4, -0.2) is 45.2 Å². The molecule has 2 fully saturated rings. The predicted octanol–water partition coefficient (Wildman–Crippen LogP) is 0.00690. The lowest BCUT2D eigenvalue weighted by atomic mass is 9.71. The minimum absolute atomic E-state index is 0.756. The van der Waals surface area contributed by atoms with Crippen LogP contribution >= 0.6 is 0 Å². The molecule has 2 aliphatic rings. The summed E-state index contributed by atoms with van der Waals surface area (Å²) in [6.45, 7) is 5.48. The van der Waals surface area contributed by atoms with E-state index in [9.17, 15) is 0 Å². The third kappa shape index (κ3) is 2.05. The van der Waals surface area contributed by atoms with E-state index >= 15 is 0 Å². The average molecular weight is 183 g/mol. The van der Waals surface area contributed by atoms with Crippen LogP contribution in [0.5, 0.6) is 0 Å². The number of nitrogens with one attached hydrogen (secondary N) is 1. The molecule has 2 rings (SSSR count). The van der Waals surface area contributed by atoms with Crippen molar-refractivity contribution in [2.75, 3.05) is 40.3 Å². The second-order valence-corrected chi connectivity index (χ2v) is 5.26. The zero-order valence-electron chi connectivity index (χ0n) is 9.10. The van der Waals surface area contributed by atoms with Gasteiger partial charge >= 0.3 is 0 Å². The van der Waals surface area contributed by atoms with Gasteiger partial charge in [0, 0.05) is 12.8 Å². The number of quaternary nitrogens is 1. The van der Waals surface area contributed by atoms with Gasteiger partial charge in [-0.3, -0.25) is 0 Å². The van der Waals surface area contributed by atoms with Crippen molar-refractivity contribution in [3.63, 3.8) is 0 Å². The van der Waals surface area contributed by atoms with Crippen molar-refractivity contribution < 1.29 is 4.90 Å². The maximum atomic E-state index is 2.48. The zero-order valence-corrected chi connectivity index (χ0v) is 9.10. The summed E-state index contributed by atoms with van der Waals surface area (Å²) >= 11 is 0. The Morgan fingerprint density at radius 1 is 1.00 bits per heavy atom. The normalized spacial score (nSPS) is 30.9. The molecule has 13 heavy (non-hydrogen) atoms. The summed E-state index contributed by atoms with van der Waals surface area (Å²) in [5.74, 6) is 0. The van der Waals surface area contributed by atoms with Crippen LogP contribution < -0.4 is 4.90 Å². The molecule has 0 saturated carbocycles. The molecule has 0 radical (unpaired) electrons. The predicted molar refractivity (Wildman–Crippen MR) is 55.0 cm³/mol. The van der Waals surface area contributed by atoms with Crippen LogP contribution in [0.25, 0.3) is 0 Å². The van der Waals surface area contributed by atoms with Gasteiger partial charge in [-0.25, -0.2) is 0 Å². The molecule has 1 N–H and O–H groups in total. The second kappa shape index (κ2) is 3.58. The molecular formula is C11H23N2+. The molecule has 76 valence electrons. The molecule has 0 aromatic heterocycles.